The zero-order chi connectivity index (χ0) is 19.2. The standard InChI is InChI=1S/C22H25N5O/c1-17(18-7-3-2-4-8-18)25-21-15-22(24-16-23-21)26-19-9-5-6-10-20(19)27-11-13-28-14-12-27/h2-10,15-17H,11-14H2,1H3,(H2,23,24,25,26). The molecule has 0 saturated carbocycles. The number of nitrogens with one attached hydrogen (secondary N) is 2. The molecule has 6 heteroatoms. The largest absolute Gasteiger partial charge is 0.378 e. The van der Waals surface area contributed by atoms with Gasteiger partial charge in [-0.1, -0.05) is 42.5 Å². The molecule has 2 aromatic carbocycles. The molecule has 1 fully saturated rings. The van der Waals surface area contributed by atoms with Crippen molar-refractivity contribution in [2.24, 2.45) is 0 Å². The van der Waals surface area contributed by atoms with Gasteiger partial charge in [0.1, 0.15) is 18.0 Å². The molecule has 6 nitrogen and oxygen atoms in total. The average molecular weight is 375 g/mol. The Balaban J connectivity index is 1.50. The fraction of sp³-hybridized carbons (Fsp3) is 0.273. The third-order valence-electron chi connectivity index (χ3n) is 4.85. The van der Waals surface area contributed by atoms with E-state index in [1.165, 1.54) is 5.56 Å². The maximum Gasteiger partial charge on any atom is 0.135 e. The number of rotatable bonds is 6. The minimum Gasteiger partial charge on any atom is -0.378 e. The molecule has 0 aliphatic carbocycles. The van der Waals surface area contributed by atoms with Crippen LogP contribution in [0.5, 0.6) is 0 Å². The quantitative estimate of drug-likeness (QED) is 0.672. The Morgan fingerprint density at radius 3 is 2.46 bits per heavy atom. The van der Waals surface area contributed by atoms with Crippen molar-refractivity contribution in [2.75, 3.05) is 41.8 Å². The van der Waals surface area contributed by atoms with Crippen LogP contribution in [0.15, 0.2) is 67.0 Å². The highest BCUT2D eigenvalue weighted by molar-refractivity contribution is 5.74. The first-order valence-corrected chi connectivity index (χ1v) is 9.62. The van der Waals surface area contributed by atoms with Crippen LogP contribution < -0.4 is 15.5 Å². The van der Waals surface area contributed by atoms with Crippen LogP contribution in [0, 0.1) is 0 Å². The van der Waals surface area contributed by atoms with Crippen LogP contribution in [0.1, 0.15) is 18.5 Å². The van der Waals surface area contributed by atoms with E-state index in [0.717, 1.165) is 49.3 Å². The van der Waals surface area contributed by atoms with Gasteiger partial charge in [0.05, 0.1) is 24.6 Å². The molecule has 0 bridgehead atoms. The summed E-state index contributed by atoms with van der Waals surface area (Å²) in [5, 5.41) is 6.89. The molecule has 1 aliphatic heterocycles. The summed E-state index contributed by atoms with van der Waals surface area (Å²) in [5.41, 5.74) is 3.41. The predicted molar refractivity (Wildman–Crippen MR) is 113 cm³/mol. The van der Waals surface area contributed by atoms with Crippen molar-refractivity contribution in [1.82, 2.24) is 9.97 Å². The van der Waals surface area contributed by atoms with Gasteiger partial charge < -0.3 is 20.3 Å². The lowest BCUT2D eigenvalue weighted by Gasteiger charge is -2.30. The van der Waals surface area contributed by atoms with Crippen molar-refractivity contribution in [3.63, 3.8) is 0 Å². The summed E-state index contributed by atoms with van der Waals surface area (Å²) < 4.78 is 5.48. The van der Waals surface area contributed by atoms with E-state index in [4.69, 9.17) is 4.74 Å². The number of para-hydroxylation sites is 2. The van der Waals surface area contributed by atoms with Crippen LogP contribution in [0.3, 0.4) is 0 Å². The highest BCUT2D eigenvalue weighted by Gasteiger charge is 2.15. The Morgan fingerprint density at radius 1 is 0.929 bits per heavy atom. The van der Waals surface area contributed by atoms with E-state index in [2.05, 4.69) is 62.8 Å². The molecule has 1 unspecified atom stereocenters. The fourth-order valence-corrected chi connectivity index (χ4v) is 3.35. The Labute approximate surface area is 165 Å². The molecular formula is C22H25N5O. The van der Waals surface area contributed by atoms with Crippen molar-refractivity contribution < 1.29 is 4.74 Å². The molecule has 1 atom stereocenters. The van der Waals surface area contributed by atoms with Gasteiger partial charge in [-0.3, -0.25) is 0 Å². The Morgan fingerprint density at radius 2 is 1.64 bits per heavy atom. The molecule has 2 heterocycles. The third kappa shape index (κ3) is 4.40. The summed E-state index contributed by atoms with van der Waals surface area (Å²) in [6, 6.07) is 20.7. The summed E-state index contributed by atoms with van der Waals surface area (Å²) >= 11 is 0. The van der Waals surface area contributed by atoms with Gasteiger partial charge in [-0.25, -0.2) is 9.97 Å². The first kappa shape index (κ1) is 18.3. The van der Waals surface area contributed by atoms with Crippen LogP contribution >= 0.6 is 0 Å². The zero-order valence-electron chi connectivity index (χ0n) is 16.0. The van der Waals surface area contributed by atoms with Crippen molar-refractivity contribution in [1.29, 1.82) is 0 Å². The molecule has 1 aromatic heterocycles. The highest BCUT2D eigenvalue weighted by atomic mass is 16.5. The van der Waals surface area contributed by atoms with Crippen LogP contribution in [-0.2, 0) is 4.74 Å². The number of anilines is 4. The molecule has 3 aromatic rings. The Bertz CT molecular complexity index is 896. The van der Waals surface area contributed by atoms with E-state index < -0.39 is 0 Å². The van der Waals surface area contributed by atoms with E-state index in [0.29, 0.717) is 0 Å². The maximum atomic E-state index is 5.48. The van der Waals surface area contributed by atoms with Crippen LogP contribution in [-0.4, -0.2) is 36.3 Å². The lowest BCUT2D eigenvalue weighted by Crippen LogP contribution is -2.36. The van der Waals surface area contributed by atoms with Crippen molar-refractivity contribution in [2.45, 2.75) is 13.0 Å². The smallest absolute Gasteiger partial charge is 0.135 e. The summed E-state index contributed by atoms with van der Waals surface area (Å²) in [5.74, 6) is 1.55. The SMILES string of the molecule is CC(Nc1cc(Nc2ccccc2N2CCOCC2)ncn1)c1ccccc1. The third-order valence-corrected chi connectivity index (χ3v) is 4.85. The highest BCUT2D eigenvalue weighted by Crippen LogP contribution is 2.29. The van der Waals surface area contributed by atoms with Gasteiger partial charge >= 0.3 is 0 Å². The minimum absolute atomic E-state index is 0.157. The summed E-state index contributed by atoms with van der Waals surface area (Å²) in [4.78, 5) is 11.1. The van der Waals surface area contributed by atoms with Crippen molar-refractivity contribution in [3.8, 4) is 0 Å². The topological polar surface area (TPSA) is 62.3 Å². The zero-order valence-corrected chi connectivity index (χ0v) is 16.0. The first-order valence-electron chi connectivity index (χ1n) is 9.62. The maximum absolute atomic E-state index is 5.48. The molecule has 1 aliphatic rings. The van der Waals surface area contributed by atoms with Gasteiger partial charge in [-0.05, 0) is 24.6 Å². The van der Waals surface area contributed by atoms with E-state index in [9.17, 15) is 0 Å². The van der Waals surface area contributed by atoms with Gasteiger partial charge in [-0.15, -0.1) is 0 Å². The van der Waals surface area contributed by atoms with Crippen LogP contribution in [0.2, 0.25) is 0 Å². The molecule has 0 amide bonds. The number of benzene rings is 2. The van der Waals surface area contributed by atoms with Gasteiger partial charge in [0.25, 0.3) is 0 Å². The second kappa shape index (κ2) is 8.71. The molecular weight excluding hydrogens is 350 g/mol. The van der Waals surface area contributed by atoms with Gasteiger partial charge in [0, 0.05) is 25.2 Å². The Kier molecular flexibility index (Phi) is 5.68. The molecule has 144 valence electrons. The second-order valence-corrected chi connectivity index (χ2v) is 6.81. The van der Waals surface area contributed by atoms with Crippen molar-refractivity contribution in [3.05, 3.63) is 72.6 Å². The number of aromatic nitrogens is 2. The molecule has 4 rings (SSSR count). The minimum atomic E-state index is 0.157. The van der Waals surface area contributed by atoms with Gasteiger partial charge in [-0.2, -0.15) is 0 Å². The molecule has 0 radical (unpaired) electrons. The normalized spacial score (nSPS) is 15.1. The van der Waals surface area contributed by atoms with Crippen molar-refractivity contribution >= 4 is 23.0 Å². The Hall–Kier alpha value is -3.12. The second-order valence-electron chi connectivity index (χ2n) is 6.81. The molecule has 0 spiro atoms. The number of hydrogen-bond acceptors (Lipinski definition) is 6. The van der Waals surface area contributed by atoms with Gasteiger partial charge in [0.15, 0.2) is 0 Å². The first-order chi connectivity index (χ1) is 13.8. The van der Waals surface area contributed by atoms with E-state index in [1.54, 1.807) is 6.33 Å². The van der Waals surface area contributed by atoms with Crippen LogP contribution in [0.25, 0.3) is 0 Å². The molecule has 1 saturated heterocycles. The number of nitrogens with zero attached hydrogens (tertiary/aromatic N) is 3. The number of ether oxygens (including phenoxy) is 1. The monoisotopic (exact) mass is 375 g/mol. The van der Waals surface area contributed by atoms with E-state index in [-0.39, 0.29) is 6.04 Å². The summed E-state index contributed by atoms with van der Waals surface area (Å²) in [7, 11) is 0. The summed E-state index contributed by atoms with van der Waals surface area (Å²) in [6.45, 7) is 5.42. The fourth-order valence-electron chi connectivity index (χ4n) is 3.35. The lowest BCUT2D eigenvalue weighted by molar-refractivity contribution is 0.123. The number of morpholine rings is 1. The lowest BCUT2D eigenvalue weighted by atomic mass is 10.1. The molecule has 2 N–H and O–H groups in total. The molecule has 28 heavy (non-hydrogen) atoms. The predicted octanol–water partition coefficient (Wildman–Crippen LogP) is 4.23. The van der Waals surface area contributed by atoms with E-state index >= 15 is 0 Å². The van der Waals surface area contributed by atoms with Crippen LogP contribution in [0.4, 0.5) is 23.0 Å². The summed E-state index contributed by atoms with van der Waals surface area (Å²) in [6.07, 6.45) is 1.58. The van der Waals surface area contributed by atoms with E-state index in [1.807, 2.05) is 30.3 Å². The average Bonchev–Trinajstić information content (AvgIpc) is 2.76. The number of hydrogen-bond donors (Lipinski definition) is 2. The van der Waals surface area contributed by atoms with Gasteiger partial charge in [0.2, 0.25) is 0 Å².